The lowest BCUT2D eigenvalue weighted by molar-refractivity contribution is -0.134. The summed E-state index contributed by atoms with van der Waals surface area (Å²) in [7, 11) is 0. The van der Waals surface area contributed by atoms with E-state index < -0.39 is 0 Å². The van der Waals surface area contributed by atoms with Gasteiger partial charge < -0.3 is 9.64 Å². The van der Waals surface area contributed by atoms with E-state index in [1.807, 2.05) is 71.6 Å². The molecule has 0 saturated carbocycles. The number of rotatable bonds is 9. The molecule has 0 atom stereocenters. The van der Waals surface area contributed by atoms with Gasteiger partial charge in [-0.15, -0.1) is 5.10 Å². The van der Waals surface area contributed by atoms with Gasteiger partial charge in [0, 0.05) is 19.2 Å². The molecule has 0 N–H and O–H groups in total. The topological polar surface area (TPSA) is 73.1 Å². The van der Waals surface area contributed by atoms with Gasteiger partial charge in [0.2, 0.25) is 0 Å². The Morgan fingerprint density at radius 1 is 0.903 bits per heavy atom. The molecule has 0 spiro atoms. The molecule has 7 nitrogen and oxygen atoms in total. The molecule has 1 amide bonds. The Morgan fingerprint density at radius 2 is 1.65 bits per heavy atom. The molecule has 0 aliphatic heterocycles. The van der Waals surface area contributed by atoms with Gasteiger partial charge in [0.15, 0.2) is 6.61 Å². The largest absolute Gasteiger partial charge is 0.484 e. The molecule has 4 aromatic rings. The third-order valence-electron chi connectivity index (χ3n) is 4.88. The summed E-state index contributed by atoms with van der Waals surface area (Å²) in [5.74, 6) is 0.525. The molecule has 156 valence electrons. The Balaban J connectivity index is 1.42. The third-order valence-corrected chi connectivity index (χ3v) is 4.88. The summed E-state index contributed by atoms with van der Waals surface area (Å²) in [6, 6.07) is 27.5. The highest BCUT2D eigenvalue weighted by atomic mass is 16.5. The summed E-state index contributed by atoms with van der Waals surface area (Å²) in [6.45, 7) is 1.12. The van der Waals surface area contributed by atoms with Gasteiger partial charge in [-0.1, -0.05) is 66.7 Å². The third kappa shape index (κ3) is 5.76. The van der Waals surface area contributed by atoms with Gasteiger partial charge in [-0.3, -0.25) is 4.79 Å². The summed E-state index contributed by atoms with van der Waals surface area (Å²) in [5, 5.41) is 11.2. The van der Waals surface area contributed by atoms with Gasteiger partial charge in [-0.2, -0.15) is 0 Å². The number of tetrazole rings is 1. The zero-order valence-electron chi connectivity index (χ0n) is 17.0. The number of hydrogen-bond acceptors (Lipinski definition) is 5. The van der Waals surface area contributed by atoms with Crippen LogP contribution in [-0.4, -0.2) is 44.2 Å². The SMILES string of the molecule is O=C(COc1cccc(-n2cnnn2)c1)N(CCc1ccccc1)Cc1ccccc1. The van der Waals surface area contributed by atoms with Crippen molar-refractivity contribution in [2.45, 2.75) is 13.0 Å². The quantitative estimate of drug-likeness (QED) is 0.421. The number of nitrogens with zero attached hydrogens (tertiary/aromatic N) is 5. The fourth-order valence-corrected chi connectivity index (χ4v) is 3.24. The maximum Gasteiger partial charge on any atom is 0.260 e. The van der Waals surface area contributed by atoms with Crippen molar-refractivity contribution in [3.63, 3.8) is 0 Å². The number of benzene rings is 3. The van der Waals surface area contributed by atoms with E-state index in [0.717, 1.165) is 17.7 Å². The van der Waals surface area contributed by atoms with Crippen LogP contribution in [0.2, 0.25) is 0 Å². The van der Waals surface area contributed by atoms with E-state index >= 15 is 0 Å². The number of amides is 1. The van der Waals surface area contributed by atoms with Gasteiger partial charge in [0.1, 0.15) is 12.1 Å². The first-order valence-corrected chi connectivity index (χ1v) is 10.1. The lowest BCUT2D eigenvalue weighted by atomic mass is 10.1. The van der Waals surface area contributed by atoms with E-state index in [2.05, 4.69) is 27.7 Å². The maximum absolute atomic E-state index is 13.0. The average molecular weight is 413 g/mol. The van der Waals surface area contributed by atoms with Crippen molar-refractivity contribution in [1.82, 2.24) is 25.1 Å². The second-order valence-corrected chi connectivity index (χ2v) is 7.08. The van der Waals surface area contributed by atoms with Gasteiger partial charge >= 0.3 is 0 Å². The van der Waals surface area contributed by atoms with Crippen LogP contribution in [0.15, 0.2) is 91.3 Å². The minimum Gasteiger partial charge on any atom is -0.484 e. The Morgan fingerprint density at radius 3 is 2.35 bits per heavy atom. The van der Waals surface area contributed by atoms with Crippen LogP contribution in [-0.2, 0) is 17.8 Å². The van der Waals surface area contributed by atoms with E-state index in [1.165, 1.54) is 16.6 Å². The summed E-state index contributed by atoms with van der Waals surface area (Å²) < 4.78 is 7.34. The highest BCUT2D eigenvalue weighted by Crippen LogP contribution is 2.16. The Labute approximate surface area is 180 Å². The summed E-state index contributed by atoms with van der Waals surface area (Å²) >= 11 is 0. The number of carbonyl (C=O) groups excluding carboxylic acids is 1. The molecule has 31 heavy (non-hydrogen) atoms. The van der Waals surface area contributed by atoms with E-state index in [9.17, 15) is 4.79 Å². The minimum atomic E-state index is -0.0624. The lowest BCUT2D eigenvalue weighted by Gasteiger charge is -2.23. The minimum absolute atomic E-state index is 0.0410. The monoisotopic (exact) mass is 413 g/mol. The van der Waals surface area contributed by atoms with Crippen molar-refractivity contribution >= 4 is 5.91 Å². The van der Waals surface area contributed by atoms with Crippen molar-refractivity contribution < 1.29 is 9.53 Å². The van der Waals surface area contributed by atoms with Crippen LogP contribution in [0.25, 0.3) is 5.69 Å². The van der Waals surface area contributed by atoms with E-state index in [1.54, 1.807) is 6.07 Å². The van der Waals surface area contributed by atoms with Crippen LogP contribution in [0.1, 0.15) is 11.1 Å². The van der Waals surface area contributed by atoms with Gasteiger partial charge in [0.25, 0.3) is 5.91 Å². The first kappa shape index (κ1) is 20.3. The number of carbonyl (C=O) groups is 1. The maximum atomic E-state index is 13.0. The first-order valence-electron chi connectivity index (χ1n) is 10.1. The highest BCUT2D eigenvalue weighted by Gasteiger charge is 2.15. The number of hydrogen-bond donors (Lipinski definition) is 0. The molecule has 4 rings (SSSR count). The summed E-state index contributed by atoms with van der Waals surface area (Å²) in [5.41, 5.74) is 3.05. The second kappa shape index (κ2) is 10.2. The molecular weight excluding hydrogens is 390 g/mol. The standard InChI is InChI=1S/C24H23N5O2/c30-24(18-31-23-13-7-12-22(16-23)29-19-25-26-27-29)28(17-21-10-5-2-6-11-21)15-14-20-8-3-1-4-9-20/h1-13,16,19H,14-15,17-18H2. The molecular formula is C24H23N5O2. The summed E-state index contributed by atoms with van der Waals surface area (Å²) in [4.78, 5) is 14.9. The van der Waals surface area contributed by atoms with E-state index in [-0.39, 0.29) is 12.5 Å². The smallest absolute Gasteiger partial charge is 0.260 e. The molecule has 0 bridgehead atoms. The Bertz CT molecular complexity index is 1090. The molecule has 3 aromatic carbocycles. The van der Waals surface area contributed by atoms with Crippen molar-refractivity contribution in [3.05, 3.63) is 102 Å². The average Bonchev–Trinajstić information content (AvgIpc) is 3.37. The number of aromatic nitrogens is 4. The molecule has 1 aromatic heterocycles. The van der Waals surface area contributed by atoms with Crippen molar-refractivity contribution in [3.8, 4) is 11.4 Å². The van der Waals surface area contributed by atoms with Gasteiger partial charge in [-0.05, 0) is 40.1 Å². The molecule has 1 heterocycles. The van der Waals surface area contributed by atoms with Crippen LogP contribution >= 0.6 is 0 Å². The Hall–Kier alpha value is -4.00. The fraction of sp³-hybridized carbons (Fsp3) is 0.167. The van der Waals surface area contributed by atoms with Crippen LogP contribution in [0.4, 0.5) is 0 Å². The van der Waals surface area contributed by atoms with Crippen LogP contribution in [0.3, 0.4) is 0 Å². The lowest BCUT2D eigenvalue weighted by Crippen LogP contribution is -2.36. The highest BCUT2D eigenvalue weighted by molar-refractivity contribution is 5.77. The molecule has 0 saturated heterocycles. The molecule has 0 aliphatic rings. The van der Waals surface area contributed by atoms with Crippen molar-refractivity contribution in [2.24, 2.45) is 0 Å². The molecule has 0 unspecified atom stereocenters. The van der Waals surface area contributed by atoms with Crippen molar-refractivity contribution in [1.29, 1.82) is 0 Å². The molecule has 0 aliphatic carbocycles. The fourth-order valence-electron chi connectivity index (χ4n) is 3.24. The predicted octanol–water partition coefficient (Wildman–Crippen LogP) is 3.31. The Kier molecular flexibility index (Phi) is 6.64. The predicted molar refractivity (Wildman–Crippen MR) is 117 cm³/mol. The number of ether oxygens (including phenoxy) is 1. The van der Waals surface area contributed by atoms with Gasteiger partial charge in [0.05, 0.1) is 5.69 Å². The second-order valence-electron chi connectivity index (χ2n) is 7.08. The van der Waals surface area contributed by atoms with Crippen LogP contribution < -0.4 is 4.74 Å². The zero-order chi connectivity index (χ0) is 21.3. The zero-order valence-corrected chi connectivity index (χ0v) is 17.0. The molecule has 7 heteroatoms. The molecule has 0 radical (unpaired) electrons. The van der Waals surface area contributed by atoms with Crippen LogP contribution in [0, 0.1) is 0 Å². The van der Waals surface area contributed by atoms with Gasteiger partial charge in [-0.25, -0.2) is 4.68 Å². The van der Waals surface area contributed by atoms with E-state index in [0.29, 0.717) is 18.8 Å². The first-order chi connectivity index (χ1) is 15.3. The van der Waals surface area contributed by atoms with Crippen molar-refractivity contribution in [2.75, 3.05) is 13.2 Å². The molecule has 0 fully saturated rings. The summed E-state index contributed by atoms with van der Waals surface area (Å²) in [6.07, 6.45) is 2.30. The normalized spacial score (nSPS) is 10.6. The van der Waals surface area contributed by atoms with E-state index in [4.69, 9.17) is 4.74 Å². The van der Waals surface area contributed by atoms with Crippen LogP contribution in [0.5, 0.6) is 5.75 Å².